The minimum Gasteiger partial charge on any atom is -0.382 e. The summed E-state index contributed by atoms with van der Waals surface area (Å²) in [4.78, 5) is 0. The van der Waals surface area contributed by atoms with E-state index in [1.807, 2.05) is 7.05 Å². The van der Waals surface area contributed by atoms with Crippen molar-refractivity contribution in [1.29, 1.82) is 0 Å². The van der Waals surface area contributed by atoms with Gasteiger partial charge < -0.3 is 10.1 Å². The van der Waals surface area contributed by atoms with Crippen LogP contribution in [0.1, 0.15) is 29.8 Å². The zero-order valence-electron chi connectivity index (χ0n) is 10.3. The van der Waals surface area contributed by atoms with Gasteiger partial charge in [0.1, 0.15) is 10.0 Å². The van der Waals surface area contributed by atoms with Gasteiger partial charge in [0.05, 0.1) is 6.10 Å². The van der Waals surface area contributed by atoms with Gasteiger partial charge in [-0.3, -0.25) is 0 Å². The fourth-order valence-corrected chi connectivity index (χ4v) is 2.25. The second kappa shape index (κ2) is 7.70. The molecule has 0 aromatic carbocycles. The summed E-state index contributed by atoms with van der Waals surface area (Å²) >= 11 is 1.73. The second-order valence-electron chi connectivity index (χ2n) is 3.88. The monoisotopic (exact) mass is 243 g/mol. The molecule has 1 aromatic rings. The van der Waals surface area contributed by atoms with Crippen molar-refractivity contribution in [3.05, 3.63) is 10.0 Å². The minimum absolute atomic E-state index is 0.302. The van der Waals surface area contributed by atoms with Crippen LogP contribution in [0.5, 0.6) is 0 Å². The van der Waals surface area contributed by atoms with Gasteiger partial charge in [-0.2, -0.15) is 0 Å². The highest BCUT2D eigenvalue weighted by molar-refractivity contribution is 7.11. The van der Waals surface area contributed by atoms with Gasteiger partial charge in [0.15, 0.2) is 0 Å². The first-order valence-electron chi connectivity index (χ1n) is 5.75. The van der Waals surface area contributed by atoms with Crippen LogP contribution < -0.4 is 5.32 Å². The largest absolute Gasteiger partial charge is 0.382 e. The quantitative estimate of drug-likeness (QED) is 0.705. The summed E-state index contributed by atoms with van der Waals surface area (Å²) in [5.41, 5.74) is 0. The van der Waals surface area contributed by atoms with E-state index in [9.17, 15) is 0 Å². The molecule has 1 unspecified atom stereocenters. The third kappa shape index (κ3) is 5.01. The van der Waals surface area contributed by atoms with Crippen LogP contribution >= 0.6 is 11.3 Å². The molecule has 1 rings (SSSR count). The Hall–Kier alpha value is -0.520. The van der Waals surface area contributed by atoms with Crippen molar-refractivity contribution in [3.63, 3.8) is 0 Å². The van der Waals surface area contributed by atoms with Crippen LogP contribution in [0.25, 0.3) is 0 Å². The first-order valence-corrected chi connectivity index (χ1v) is 6.56. The third-order valence-electron chi connectivity index (χ3n) is 2.49. The molecular weight excluding hydrogens is 222 g/mol. The zero-order valence-corrected chi connectivity index (χ0v) is 11.1. The second-order valence-corrected chi connectivity index (χ2v) is 5.03. The predicted molar refractivity (Wildman–Crippen MR) is 66.9 cm³/mol. The van der Waals surface area contributed by atoms with Gasteiger partial charge in [0.2, 0.25) is 0 Å². The molecular formula is C11H21N3OS. The number of nitrogens with one attached hydrogen (secondary N) is 1. The molecule has 0 saturated carbocycles. The zero-order chi connectivity index (χ0) is 11.8. The van der Waals surface area contributed by atoms with Crippen LogP contribution in [0, 0.1) is 0 Å². The lowest BCUT2D eigenvalue weighted by molar-refractivity contribution is 0.111. The number of nitrogens with zero attached hydrogens (tertiary/aromatic N) is 2. The van der Waals surface area contributed by atoms with Crippen molar-refractivity contribution in [1.82, 2.24) is 15.5 Å². The number of hydrogen-bond acceptors (Lipinski definition) is 5. The molecule has 0 amide bonds. The van der Waals surface area contributed by atoms with Crippen LogP contribution in [0.15, 0.2) is 0 Å². The molecule has 0 fully saturated rings. The Labute approximate surface area is 101 Å². The van der Waals surface area contributed by atoms with Gasteiger partial charge >= 0.3 is 0 Å². The van der Waals surface area contributed by atoms with Crippen LogP contribution in [0.4, 0.5) is 0 Å². The van der Waals surface area contributed by atoms with Crippen molar-refractivity contribution in [2.45, 2.75) is 38.7 Å². The molecule has 1 N–H and O–H groups in total. The standard InChI is InChI=1S/C11H21N3OS/c1-9(15-3)6-7-11-14-13-10(16-11)5-4-8-12-2/h9,12H,4-8H2,1-3H3. The summed E-state index contributed by atoms with van der Waals surface area (Å²) in [6.45, 7) is 3.12. The van der Waals surface area contributed by atoms with Crippen LogP contribution in [-0.2, 0) is 17.6 Å². The summed E-state index contributed by atoms with van der Waals surface area (Å²) < 4.78 is 5.21. The Bertz CT molecular complexity index is 291. The Balaban J connectivity index is 2.28. The molecule has 92 valence electrons. The molecule has 4 nitrogen and oxygen atoms in total. The van der Waals surface area contributed by atoms with Gasteiger partial charge in [0, 0.05) is 20.0 Å². The summed E-state index contributed by atoms with van der Waals surface area (Å²) in [5, 5.41) is 13.8. The van der Waals surface area contributed by atoms with E-state index in [2.05, 4.69) is 22.4 Å². The predicted octanol–water partition coefficient (Wildman–Crippen LogP) is 1.66. The highest BCUT2D eigenvalue weighted by Crippen LogP contribution is 2.14. The molecule has 0 bridgehead atoms. The fraction of sp³-hybridized carbons (Fsp3) is 0.818. The van der Waals surface area contributed by atoms with Gasteiger partial charge in [-0.25, -0.2) is 0 Å². The average molecular weight is 243 g/mol. The summed E-state index contributed by atoms with van der Waals surface area (Å²) in [6, 6.07) is 0. The van der Waals surface area contributed by atoms with Crippen LogP contribution in [-0.4, -0.2) is 37.0 Å². The van der Waals surface area contributed by atoms with Gasteiger partial charge in [-0.05, 0) is 33.4 Å². The van der Waals surface area contributed by atoms with Crippen molar-refractivity contribution >= 4 is 11.3 Å². The Morgan fingerprint density at radius 3 is 2.62 bits per heavy atom. The molecule has 0 aliphatic carbocycles. The molecule has 0 aliphatic rings. The van der Waals surface area contributed by atoms with E-state index in [-0.39, 0.29) is 0 Å². The van der Waals surface area contributed by atoms with E-state index in [0.29, 0.717) is 6.10 Å². The first-order chi connectivity index (χ1) is 7.76. The number of aryl methyl sites for hydroxylation is 2. The van der Waals surface area contributed by atoms with E-state index in [0.717, 1.165) is 42.2 Å². The molecule has 5 heteroatoms. The van der Waals surface area contributed by atoms with Crippen molar-refractivity contribution < 1.29 is 4.74 Å². The first kappa shape index (κ1) is 13.5. The molecule has 0 aliphatic heterocycles. The van der Waals surface area contributed by atoms with E-state index >= 15 is 0 Å². The highest BCUT2D eigenvalue weighted by Gasteiger charge is 2.06. The Morgan fingerprint density at radius 1 is 1.31 bits per heavy atom. The number of rotatable bonds is 8. The molecule has 0 saturated heterocycles. The molecule has 1 atom stereocenters. The highest BCUT2D eigenvalue weighted by atomic mass is 32.1. The number of ether oxygens (including phenoxy) is 1. The van der Waals surface area contributed by atoms with Crippen molar-refractivity contribution in [2.24, 2.45) is 0 Å². The van der Waals surface area contributed by atoms with Crippen molar-refractivity contribution in [2.75, 3.05) is 20.7 Å². The van der Waals surface area contributed by atoms with E-state index < -0.39 is 0 Å². The summed E-state index contributed by atoms with van der Waals surface area (Å²) in [6.07, 6.45) is 4.44. The summed E-state index contributed by atoms with van der Waals surface area (Å²) in [5.74, 6) is 0. The lowest BCUT2D eigenvalue weighted by Crippen LogP contribution is -2.08. The molecule has 1 heterocycles. The fourth-order valence-electron chi connectivity index (χ4n) is 1.35. The molecule has 0 spiro atoms. The third-order valence-corrected chi connectivity index (χ3v) is 3.54. The Morgan fingerprint density at radius 2 is 2.00 bits per heavy atom. The minimum atomic E-state index is 0.302. The maximum Gasteiger partial charge on any atom is 0.117 e. The average Bonchev–Trinajstić information content (AvgIpc) is 2.74. The molecule has 0 radical (unpaired) electrons. The SMILES string of the molecule is CNCCCc1nnc(CCC(C)OC)s1. The van der Waals surface area contributed by atoms with Gasteiger partial charge in [-0.1, -0.05) is 0 Å². The summed E-state index contributed by atoms with van der Waals surface area (Å²) in [7, 11) is 3.71. The van der Waals surface area contributed by atoms with Gasteiger partial charge in [-0.15, -0.1) is 21.5 Å². The lowest BCUT2D eigenvalue weighted by Gasteiger charge is -2.06. The molecule has 1 aromatic heterocycles. The Kier molecular flexibility index (Phi) is 6.52. The van der Waals surface area contributed by atoms with E-state index in [1.54, 1.807) is 18.4 Å². The lowest BCUT2D eigenvalue weighted by atomic mass is 10.2. The normalized spacial score (nSPS) is 12.9. The van der Waals surface area contributed by atoms with Crippen LogP contribution in [0.3, 0.4) is 0 Å². The van der Waals surface area contributed by atoms with Crippen molar-refractivity contribution in [3.8, 4) is 0 Å². The number of hydrogen-bond donors (Lipinski definition) is 1. The number of methoxy groups -OCH3 is 1. The van der Waals surface area contributed by atoms with E-state index in [4.69, 9.17) is 4.74 Å². The maximum absolute atomic E-state index is 5.21. The number of aromatic nitrogens is 2. The van der Waals surface area contributed by atoms with E-state index in [1.165, 1.54) is 0 Å². The molecule has 16 heavy (non-hydrogen) atoms. The van der Waals surface area contributed by atoms with Gasteiger partial charge in [0.25, 0.3) is 0 Å². The van der Waals surface area contributed by atoms with Crippen LogP contribution in [0.2, 0.25) is 0 Å². The topological polar surface area (TPSA) is 47.0 Å². The maximum atomic E-state index is 5.21. The smallest absolute Gasteiger partial charge is 0.117 e.